The number of hydrogen-bond donors (Lipinski definition) is 0. The second-order valence-electron chi connectivity index (χ2n) is 4.74. The Balaban J connectivity index is 1.93. The summed E-state index contributed by atoms with van der Waals surface area (Å²) < 4.78 is 12.9. The summed E-state index contributed by atoms with van der Waals surface area (Å²) >= 11 is 1.43. The van der Waals surface area contributed by atoms with Gasteiger partial charge < -0.3 is 4.90 Å². The van der Waals surface area contributed by atoms with E-state index in [1.165, 1.54) is 23.9 Å². The van der Waals surface area contributed by atoms with Crippen molar-refractivity contribution in [1.82, 2.24) is 0 Å². The molecule has 0 aromatic heterocycles. The van der Waals surface area contributed by atoms with Crippen molar-refractivity contribution in [2.75, 3.05) is 10.7 Å². The van der Waals surface area contributed by atoms with E-state index < -0.39 is 0 Å². The minimum Gasteiger partial charge on any atom is -0.306 e. The molecular formula is C16H12FNO2S. The Kier molecular flexibility index (Phi) is 3.75. The summed E-state index contributed by atoms with van der Waals surface area (Å²) in [5.41, 5.74) is 2.26. The molecule has 0 saturated heterocycles. The number of amides is 1. The Morgan fingerprint density at radius 2 is 1.95 bits per heavy atom. The van der Waals surface area contributed by atoms with Gasteiger partial charge in [-0.25, -0.2) is 4.39 Å². The Morgan fingerprint density at radius 1 is 1.19 bits per heavy atom. The van der Waals surface area contributed by atoms with Gasteiger partial charge in [0.15, 0.2) is 0 Å². The first-order valence-electron chi connectivity index (χ1n) is 6.44. The van der Waals surface area contributed by atoms with Gasteiger partial charge in [-0.3, -0.25) is 9.59 Å². The molecule has 0 spiro atoms. The summed E-state index contributed by atoms with van der Waals surface area (Å²) in [4.78, 5) is 25.6. The first kappa shape index (κ1) is 13.8. The van der Waals surface area contributed by atoms with E-state index in [1.807, 2.05) is 0 Å². The molecule has 0 fully saturated rings. The number of hydrogen-bond acceptors (Lipinski definition) is 3. The molecule has 1 amide bonds. The Morgan fingerprint density at radius 3 is 2.67 bits per heavy atom. The van der Waals surface area contributed by atoms with Crippen LogP contribution in [-0.4, -0.2) is 17.9 Å². The van der Waals surface area contributed by atoms with E-state index in [0.29, 0.717) is 17.9 Å². The number of thioether (sulfide) groups is 1. The molecule has 2 aromatic rings. The molecule has 5 heteroatoms. The summed E-state index contributed by atoms with van der Waals surface area (Å²) in [5.74, 6) is 0.0576. The number of benzene rings is 2. The van der Waals surface area contributed by atoms with Crippen LogP contribution < -0.4 is 4.90 Å². The fraction of sp³-hybridized carbons (Fsp3) is 0.125. The minimum atomic E-state index is -0.296. The Labute approximate surface area is 125 Å². The standard InChI is InChI=1S/C16H12FNO2S/c17-13-4-1-11(2-5-13)8-18-14-6-3-12(9-19)7-15(14)21-10-16(18)20/h1-7,9H,8,10H2. The van der Waals surface area contributed by atoms with Crippen molar-refractivity contribution in [1.29, 1.82) is 0 Å². The lowest BCUT2D eigenvalue weighted by Gasteiger charge is -2.29. The van der Waals surface area contributed by atoms with Crippen LogP contribution in [0.25, 0.3) is 0 Å². The molecule has 1 aliphatic heterocycles. The number of aldehydes is 1. The summed E-state index contributed by atoms with van der Waals surface area (Å²) in [6, 6.07) is 11.4. The molecule has 1 heterocycles. The van der Waals surface area contributed by atoms with Crippen molar-refractivity contribution in [3.8, 4) is 0 Å². The highest BCUT2D eigenvalue weighted by Crippen LogP contribution is 2.36. The van der Waals surface area contributed by atoms with Crippen molar-refractivity contribution < 1.29 is 14.0 Å². The number of halogens is 1. The van der Waals surface area contributed by atoms with Crippen LogP contribution in [0.3, 0.4) is 0 Å². The zero-order chi connectivity index (χ0) is 14.8. The first-order valence-corrected chi connectivity index (χ1v) is 7.43. The topological polar surface area (TPSA) is 37.4 Å². The third-order valence-electron chi connectivity index (χ3n) is 3.32. The molecule has 0 aliphatic carbocycles. The lowest BCUT2D eigenvalue weighted by Crippen LogP contribution is -2.34. The van der Waals surface area contributed by atoms with Crippen LogP contribution in [0.4, 0.5) is 10.1 Å². The first-order chi connectivity index (χ1) is 10.2. The van der Waals surface area contributed by atoms with Gasteiger partial charge in [-0.15, -0.1) is 11.8 Å². The molecule has 106 valence electrons. The predicted octanol–water partition coefficient (Wildman–Crippen LogP) is 3.28. The van der Waals surface area contributed by atoms with Gasteiger partial charge in [0, 0.05) is 10.5 Å². The normalized spacial score (nSPS) is 14.0. The number of nitrogens with zero attached hydrogens (tertiary/aromatic N) is 1. The van der Waals surface area contributed by atoms with E-state index in [-0.39, 0.29) is 11.7 Å². The van der Waals surface area contributed by atoms with E-state index in [2.05, 4.69) is 0 Å². The van der Waals surface area contributed by atoms with Gasteiger partial charge in [-0.05, 0) is 35.9 Å². The Bertz CT molecular complexity index is 700. The summed E-state index contributed by atoms with van der Waals surface area (Å²) in [7, 11) is 0. The second kappa shape index (κ2) is 5.69. The van der Waals surface area contributed by atoms with E-state index in [4.69, 9.17) is 0 Å². The molecule has 0 unspecified atom stereocenters. The second-order valence-corrected chi connectivity index (χ2v) is 5.76. The fourth-order valence-corrected chi connectivity index (χ4v) is 3.22. The summed E-state index contributed by atoms with van der Waals surface area (Å²) in [6.07, 6.45) is 0.793. The smallest absolute Gasteiger partial charge is 0.237 e. The molecule has 0 saturated carbocycles. The van der Waals surface area contributed by atoms with Crippen molar-refractivity contribution in [3.05, 3.63) is 59.4 Å². The zero-order valence-corrected chi connectivity index (χ0v) is 11.9. The van der Waals surface area contributed by atoms with Crippen molar-refractivity contribution in [2.45, 2.75) is 11.4 Å². The fourth-order valence-electron chi connectivity index (χ4n) is 2.24. The van der Waals surface area contributed by atoms with Gasteiger partial charge in [-0.2, -0.15) is 0 Å². The minimum absolute atomic E-state index is 0.00989. The predicted molar refractivity (Wildman–Crippen MR) is 80.1 cm³/mol. The lowest BCUT2D eigenvalue weighted by atomic mass is 10.1. The van der Waals surface area contributed by atoms with E-state index >= 15 is 0 Å². The van der Waals surface area contributed by atoms with Crippen LogP contribution in [0.5, 0.6) is 0 Å². The van der Waals surface area contributed by atoms with Crippen molar-refractivity contribution in [3.63, 3.8) is 0 Å². The van der Waals surface area contributed by atoms with Gasteiger partial charge in [0.1, 0.15) is 12.1 Å². The highest BCUT2D eigenvalue weighted by atomic mass is 32.2. The maximum absolute atomic E-state index is 12.9. The molecule has 1 aliphatic rings. The van der Waals surface area contributed by atoms with Gasteiger partial charge in [0.2, 0.25) is 5.91 Å². The number of carbonyl (C=O) groups excluding carboxylic acids is 2. The molecule has 3 rings (SSSR count). The average Bonchev–Trinajstić information content (AvgIpc) is 2.51. The lowest BCUT2D eigenvalue weighted by molar-refractivity contribution is -0.116. The van der Waals surface area contributed by atoms with Gasteiger partial charge in [0.05, 0.1) is 18.0 Å². The maximum atomic E-state index is 12.9. The molecule has 0 bridgehead atoms. The number of fused-ring (bicyclic) bond motifs is 1. The largest absolute Gasteiger partial charge is 0.306 e. The van der Waals surface area contributed by atoms with E-state index in [9.17, 15) is 14.0 Å². The molecular weight excluding hydrogens is 289 g/mol. The van der Waals surface area contributed by atoms with Gasteiger partial charge in [0.25, 0.3) is 0 Å². The number of rotatable bonds is 3. The highest BCUT2D eigenvalue weighted by molar-refractivity contribution is 8.00. The molecule has 0 N–H and O–H groups in total. The number of carbonyl (C=O) groups is 2. The number of anilines is 1. The summed E-state index contributed by atoms with van der Waals surface area (Å²) in [6.45, 7) is 0.396. The van der Waals surface area contributed by atoms with Crippen LogP contribution in [-0.2, 0) is 11.3 Å². The van der Waals surface area contributed by atoms with Gasteiger partial charge >= 0.3 is 0 Å². The van der Waals surface area contributed by atoms with Crippen LogP contribution in [0.1, 0.15) is 15.9 Å². The zero-order valence-electron chi connectivity index (χ0n) is 11.1. The highest BCUT2D eigenvalue weighted by Gasteiger charge is 2.24. The van der Waals surface area contributed by atoms with Crippen LogP contribution in [0.2, 0.25) is 0 Å². The molecule has 0 radical (unpaired) electrons. The van der Waals surface area contributed by atoms with Crippen LogP contribution in [0.15, 0.2) is 47.4 Å². The monoisotopic (exact) mass is 301 g/mol. The van der Waals surface area contributed by atoms with E-state index in [1.54, 1.807) is 35.2 Å². The Hall–Kier alpha value is -2.14. The van der Waals surface area contributed by atoms with Crippen molar-refractivity contribution >= 4 is 29.6 Å². The maximum Gasteiger partial charge on any atom is 0.237 e. The van der Waals surface area contributed by atoms with Crippen molar-refractivity contribution in [2.24, 2.45) is 0 Å². The molecule has 2 aromatic carbocycles. The average molecular weight is 301 g/mol. The summed E-state index contributed by atoms with van der Waals surface area (Å²) in [5, 5.41) is 0. The van der Waals surface area contributed by atoms with Crippen LogP contribution >= 0.6 is 11.8 Å². The van der Waals surface area contributed by atoms with E-state index in [0.717, 1.165) is 22.4 Å². The van der Waals surface area contributed by atoms with Gasteiger partial charge in [-0.1, -0.05) is 12.1 Å². The van der Waals surface area contributed by atoms with Crippen LogP contribution in [0, 0.1) is 5.82 Å². The molecule has 0 atom stereocenters. The molecule has 3 nitrogen and oxygen atoms in total. The quantitative estimate of drug-likeness (QED) is 0.817. The third kappa shape index (κ3) is 2.83. The third-order valence-corrected chi connectivity index (χ3v) is 4.35. The SMILES string of the molecule is O=Cc1ccc2c(c1)SCC(=O)N2Cc1ccc(F)cc1. The molecule has 21 heavy (non-hydrogen) atoms.